The summed E-state index contributed by atoms with van der Waals surface area (Å²) in [5, 5.41) is 3.24. The van der Waals surface area contributed by atoms with Gasteiger partial charge >= 0.3 is 0 Å². The Bertz CT molecular complexity index is 466. The number of aryl methyl sites for hydroxylation is 1. The zero-order chi connectivity index (χ0) is 15.4. The predicted octanol–water partition coefficient (Wildman–Crippen LogP) is 3.79. The Balaban J connectivity index is 2.31. The van der Waals surface area contributed by atoms with Crippen molar-refractivity contribution in [3.05, 3.63) is 11.4 Å². The molecule has 0 atom stereocenters. The molecule has 21 heavy (non-hydrogen) atoms. The monoisotopic (exact) mass is 290 g/mol. The molecule has 2 rings (SSSR count). The van der Waals surface area contributed by atoms with Crippen molar-refractivity contribution in [1.82, 2.24) is 9.97 Å². The van der Waals surface area contributed by atoms with Gasteiger partial charge in [0.15, 0.2) is 0 Å². The summed E-state index contributed by atoms with van der Waals surface area (Å²) >= 11 is 0. The van der Waals surface area contributed by atoms with Gasteiger partial charge in [0.1, 0.15) is 17.5 Å². The van der Waals surface area contributed by atoms with Crippen LogP contribution in [0.4, 0.5) is 11.6 Å². The topological polar surface area (TPSA) is 41.1 Å². The van der Waals surface area contributed by atoms with Crippen molar-refractivity contribution < 1.29 is 0 Å². The molecule has 1 saturated carbocycles. The van der Waals surface area contributed by atoms with Gasteiger partial charge in [0.25, 0.3) is 0 Å². The number of anilines is 2. The summed E-state index contributed by atoms with van der Waals surface area (Å²) in [6.07, 6.45) is 5.86. The maximum atomic E-state index is 4.88. The van der Waals surface area contributed by atoms with Gasteiger partial charge in [-0.15, -0.1) is 0 Å². The first-order valence-corrected chi connectivity index (χ1v) is 8.38. The lowest BCUT2D eigenvalue weighted by atomic mass is 10.1. The molecule has 118 valence electrons. The average Bonchev–Trinajstić information content (AvgIpc) is 3.26. The molecular formula is C17H30N4. The molecule has 1 aromatic rings. The number of hydrogen-bond donors (Lipinski definition) is 1. The van der Waals surface area contributed by atoms with E-state index in [0.29, 0.717) is 6.04 Å². The lowest BCUT2D eigenvalue weighted by Gasteiger charge is -2.27. The fraction of sp³-hybridized carbons (Fsp3) is 0.765. The SMILES string of the molecule is CCCc1nc(NC)c(C)c(N(CCC(C)C)C2CC2)n1. The fourth-order valence-corrected chi connectivity index (χ4v) is 2.65. The minimum atomic E-state index is 0.691. The van der Waals surface area contributed by atoms with Crippen molar-refractivity contribution in [2.24, 2.45) is 5.92 Å². The molecule has 0 saturated heterocycles. The van der Waals surface area contributed by atoms with Gasteiger partial charge in [-0.3, -0.25) is 0 Å². The van der Waals surface area contributed by atoms with Crippen LogP contribution in [0.1, 0.15) is 57.8 Å². The third kappa shape index (κ3) is 4.08. The standard InChI is InChI=1S/C17H30N4/c1-6-7-15-19-16(18-5)13(4)17(20-15)21(14-8-9-14)11-10-12(2)3/h12,14H,6-11H2,1-5H3,(H,18,19,20). The highest BCUT2D eigenvalue weighted by Crippen LogP contribution is 2.34. The second-order valence-electron chi connectivity index (χ2n) is 6.54. The molecule has 0 bridgehead atoms. The number of nitrogens with zero attached hydrogens (tertiary/aromatic N) is 3. The van der Waals surface area contributed by atoms with Gasteiger partial charge in [0.2, 0.25) is 0 Å². The van der Waals surface area contributed by atoms with Crippen LogP contribution in [0.5, 0.6) is 0 Å². The summed E-state index contributed by atoms with van der Waals surface area (Å²) in [5.41, 5.74) is 1.19. The number of rotatable bonds is 8. The Morgan fingerprint density at radius 1 is 1.29 bits per heavy atom. The van der Waals surface area contributed by atoms with E-state index in [0.717, 1.165) is 42.8 Å². The van der Waals surface area contributed by atoms with Crippen LogP contribution in [0, 0.1) is 12.8 Å². The predicted molar refractivity (Wildman–Crippen MR) is 90.1 cm³/mol. The molecule has 1 fully saturated rings. The molecule has 0 aliphatic heterocycles. The van der Waals surface area contributed by atoms with Gasteiger partial charge in [0.05, 0.1) is 0 Å². The van der Waals surface area contributed by atoms with Gasteiger partial charge in [-0.05, 0) is 38.5 Å². The van der Waals surface area contributed by atoms with Crippen molar-refractivity contribution in [2.75, 3.05) is 23.8 Å². The fourth-order valence-electron chi connectivity index (χ4n) is 2.65. The quantitative estimate of drug-likeness (QED) is 0.791. The van der Waals surface area contributed by atoms with Gasteiger partial charge in [-0.2, -0.15) is 0 Å². The Labute approximate surface area is 129 Å². The van der Waals surface area contributed by atoms with Crippen LogP contribution in [0.25, 0.3) is 0 Å². The van der Waals surface area contributed by atoms with Crippen molar-refractivity contribution in [3.63, 3.8) is 0 Å². The Morgan fingerprint density at radius 3 is 2.52 bits per heavy atom. The lowest BCUT2D eigenvalue weighted by Crippen LogP contribution is -2.30. The van der Waals surface area contributed by atoms with E-state index in [1.807, 2.05) is 7.05 Å². The number of nitrogens with one attached hydrogen (secondary N) is 1. The molecular weight excluding hydrogens is 260 g/mol. The summed E-state index contributed by atoms with van der Waals surface area (Å²) in [6, 6.07) is 0.691. The van der Waals surface area contributed by atoms with E-state index in [-0.39, 0.29) is 0 Å². The molecule has 1 aliphatic carbocycles. The van der Waals surface area contributed by atoms with Gasteiger partial charge in [-0.1, -0.05) is 20.8 Å². The van der Waals surface area contributed by atoms with Gasteiger partial charge < -0.3 is 10.2 Å². The summed E-state index contributed by atoms with van der Waals surface area (Å²) in [4.78, 5) is 12.1. The van der Waals surface area contributed by atoms with Crippen molar-refractivity contribution in [3.8, 4) is 0 Å². The Kier molecular flexibility index (Phi) is 5.43. The first-order chi connectivity index (χ1) is 10.1. The number of aromatic nitrogens is 2. The van der Waals surface area contributed by atoms with E-state index in [4.69, 9.17) is 4.98 Å². The molecule has 0 unspecified atom stereocenters. The largest absolute Gasteiger partial charge is 0.373 e. The maximum Gasteiger partial charge on any atom is 0.137 e. The molecule has 0 aromatic carbocycles. The van der Waals surface area contributed by atoms with Crippen LogP contribution in [-0.4, -0.2) is 29.6 Å². The molecule has 0 amide bonds. The second kappa shape index (κ2) is 7.10. The van der Waals surface area contributed by atoms with E-state index >= 15 is 0 Å². The molecule has 0 radical (unpaired) electrons. The number of hydrogen-bond acceptors (Lipinski definition) is 4. The van der Waals surface area contributed by atoms with E-state index in [1.165, 1.54) is 24.8 Å². The molecule has 1 aromatic heterocycles. The average molecular weight is 290 g/mol. The molecule has 1 aliphatic rings. The van der Waals surface area contributed by atoms with E-state index in [2.05, 4.69) is 42.9 Å². The summed E-state index contributed by atoms with van der Waals surface area (Å²) in [6.45, 7) is 10.0. The first-order valence-electron chi connectivity index (χ1n) is 8.38. The summed E-state index contributed by atoms with van der Waals surface area (Å²) in [5.74, 6) is 3.84. The molecule has 4 heteroatoms. The van der Waals surface area contributed by atoms with Crippen LogP contribution in [-0.2, 0) is 6.42 Å². The van der Waals surface area contributed by atoms with Crippen molar-refractivity contribution in [2.45, 2.75) is 65.8 Å². The minimum absolute atomic E-state index is 0.691. The third-order valence-corrected chi connectivity index (χ3v) is 4.08. The van der Waals surface area contributed by atoms with Crippen LogP contribution < -0.4 is 10.2 Å². The van der Waals surface area contributed by atoms with Crippen molar-refractivity contribution >= 4 is 11.6 Å². The normalized spacial score (nSPS) is 14.6. The van der Waals surface area contributed by atoms with Gasteiger partial charge in [-0.25, -0.2) is 9.97 Å². The van der Waals surface area contributed by atoms with Crippen LogP contribution in [0.2, 0.25) is 0 Å². The molecule has 0 spiro atoms. The van der Waals surface area contributed by atoms with E-state index in [1.54, 1.807) is 0 Å². The Hall–Kier alpha value is -1.32. The highest BCUT2D eigenvalue weighted by molar-refractivity contribution is 5.59. The first kappa shape index (κ1) is 16.1. The van der Waals surface area contributed by atoms with E-state index < -0.39 is 0 Å². The molecule has 1 heterocycles. The minimum Gasteiger partial charge on any atom is -0.373 e. The molecule has 1 N–H and O–H groups in total. The Morgan fingerprint density at radius 2 is 2.00 bits per heavy atom. The highest BCUT2D eigenvalue weighted by Gasteiger charge is 2.31. The maximum absolute atomic E-state index is 4.88. The van der Waals surface area contributed by atoms with Crippen LogP contribution >= 0.6 is 0 Å². The smallest absolute Gasteiger partial charge is 0.137 e. The van der Waals surface area contributed by atoms with Gasteiger partial charge in [0, 0.05) is 31.6 Å². The van der Waals surface area contributed by atoms with E-state index in [9.17, 15) is 0 Å². The third-order valence-electron chi connectivity index (χ3n) is 4.08. The highest BCUT2D eigenvalue weighted by atomic mass is 15.2. The van der Waals surface area contributed by atoms with Crippen LogP contribution in [0.3, 0.4) is 0 Å². The summed E-state index contributed by atoms with van der Waals surface area (Å²) in [7, 11) is 1.95. The van der Waals surface area contributed by atoms with Crippen molar-refractivity contribution in [1.29, 1.82) is 0 Å². The van der Waals surface area contributed by atoms with Crippen LogP contribution in [0.15, 0.2) is 0 Å². The second-order valence-corrected chi connectivity index (χ2v) is 6.54. The molecule has 4 nitrogen and oxygen atoms in total. The summed E-state index contributed by atoms with van der Waals surface area (Å²) < 4.78 is 0. The zero-order valence-corrected chi connectivity index (χ0v) is 14.2. The lowest BCUT2D eigenvalue weighted by molar-refractivity contribution is 0.567. The zero-order valence-electron chi connectivity index (χ0n) is 14.2.